The third-order valence-electron chi connectivity index (χ3n) is 4.43. The van der Waals surface area contributed by atoms with Crippen LogP contribution in [0.5, 0.6) is 5.75 Å². The maximum Gasteiger partial charge on any atom is 0.182 e. The summed E-state index contributed by atoms with van der Waals surface area (Å²) in [5.74, 6) is 1.54. The van der Waals surface area contributed by atoms with Crippen molar-refractivity contribution in [3.05, 3.63) is 60.7 Å². The lowest BCUT2D eigenvalue weighted by atomic mass is 10.1. The van der Waals surface area contributed by atoms with E-state index in [1.54, 1.807) is 7.11 Å². The number of aromatic nitrogens is 5. The lowest BCUT2D eigenvalue weighted by Gasteiger charge is -2.07. The molecule has 5 aromatic rings. The molecule has 6 nitrogen and oxygen atoms in total. The van der Waals surface area contributed by atoms with E-state index in [1.165, 1.54) is 0 Å². The van der Waals surface area contributed by atoms with Gasteiger partial charge in [-0.15, -0.1) is 0 Å². The SMILES string of the molecule is COc1ccccc1-c1ccc2c(-c3nc4ccccc4[nH]3)[nH]nc2n1. The van der Waals surface area contributed by atoms with E-state index in [2.05, 4.69) is 20.2 Å². The minimum absolute atomic E-state index is 0.642. The van der Waals surface area contributed by atoms with Crippen LogP contribution in [-0.4, -0.2) is 32.3 Å². The molecule has 0 fully saturated rings. The van der Waals surface area contributed by atoms with E-state index in [1.807, 2.05) is 60.7 Å². The first-order valence-electron chi connectivity index (χ1n) is 8.27. The minimum Gasteiger partial charge on any atom is -0.496 e. The summed E-state index contributed by atoms with van der Waals surface area (Å²) < 4.78 is 5.44. The summed E-state index contributed by atoms with van der Waals surface area (Å²) in [6.07, 6.45) is 0. The lowest BCUT2D eigenvalue weighted by molar-refractivity contribution is 0.416. The van der Waals surface area contributed by atoms with Crippen molar-refractivity contribution in [2.24, 2.45) is 0 Å². The molecule has 0 saturated carbocycles. The lowest BCUT2D eigenvalue weighted by Crippen LogP contribution is -1.90. The Morgan fingerprint density at radius 3 is 2.62 bits per heavy atom. The van der Waals surface area contributed by atoms with E-state index < -0.39 is 0 Å². The van der Waals surface area contributed by atoms with Crippen molar-refractivity contribution in [3.8, 4) is 28.5 Å². The van der Waals surface area contributed by atoms with Crippen LogP contribution < -0.4 is 4.74 Å². The molecule has 2 aromatic carbocycles. The number of pyridine rings is 1. The Hall–Kier alpha value is -3.67. The van der Waals surface area contributed by atoms with Gasteiger partial charge in [-0.1, -0.05) is 24.3 Å². The summed E-state index contributed by atoms with van der Waals surface area (Å²) in [6.45, 7) is 0. The van der Waals surface area contributed by atoms with E-state index in [-0.39, 0.29) is 0 Å². The molecule has 0 atom stereocenters. The van der Waals surface area contributed by atoms with Gasteiger partial charge in [0.2, 0.25) is 0 Å². The zero-order valence-corrected chi connectivity index (χ0v) is 14.0. The third kappa shape index (κ3) is 2.23. The Bertz CT molecular complexity index is 1200. The normalized spacial score (nSPS) is 11.3. The van der Waals surface area contributed by atoms with Crippen LogP contribution in [0.4, 0.5) is 0 Å². The van der Waals surface area contributed by atoms with Crippen molar-refractivity contribution in [1.82, 2.24) is 25.1 Å². The maximum atomic E-state index is 5.44. The molecule has 3 aromatic heterocycles. The number of rotatable bonds is 3. The Morgan fingerprint density at radius 2 is 1.73 bits per heavy atom. The number of fused-ring (bicyclic) bond motifs is 2. The number of imidazole rings is 1. The van der Waals surface area contributed by atoms with E-state index in [0.29, 0.717) is 5.65 Å². The number of benzene rings is 2. The molecule has 126 valence electrons. The monoisotopic (exact) mass is 341 g/mol. The van der Waals surface area contributed by atoms with Gasteiger partial charge in [0, 0.05) is 10.9 Å². The molecule has 0 unspecified atom stereocenters. The van der Waals surface area contributed by atoms with Crippen LogP contribution in [0, 0.1) is 0 Å². The molecule has 0 aliphatic heterocycles. The second-order valence-corrected chi connectivity index (χ2v) is 5.97. The van der Waals surface area contributed by atoms with Gasteiger partial charge >= 0.3 is 0 Å². The Labute approximate surface area is 148 Å². The number of aromatic amines is 2. The van der Waals surface area contributed by atoms with Gasteiger partial charge in [0.25, 0.3) is 0 Å². The number of hydrogen-bond acceptors (Lipinski definition) is 4. The quantitative estimate of drug-likeness (QED) is 0.516. The highest BCUT2D eigenvalue weighted by atomic mass is 16.5. The van der Waals surface area contributed by atoms with Crippen LogP contribution in [0.3, 0.4) is 0 Å². The number of H-pyrrole nitrogens is 2. The van der Waals surface area contributed by atoms with Crippen molar-refractivity contribution in [1.29, 1.82) is 0 Å². The van der Waals surface area contributed by atoms with Crippen LogP contribution >= 0.6 is 0 Å². The maximum absolute atomic E-state index is 5.44. The number of ether oxygens (including phenoxy) is 1. The topological polar surface area (TPSA) is 79.5 Å². The summed E-state index contributed by atoms with van der Waals surface area (Å²) in [6, 6.07) is 19.7. The molecule has 2 N–H and O–H groups in total. The van der Waals surface area contributed by atoms with E-state index in [4.69, 9.17) is 9.72 Å². The van der Waals surface area contributed by atoms with E-state index >= 15 is 0 Å². The highest BCUT2D eigenvalue weighted by Crippen LogP contribution is 2.31. The molecular weight excluding hydrogens is 326 g/mol. The molecule has 0 amide bonds. The summed E-state index contributed by atoms with van der Waals surface area (Å²) >= 11 is 0. The summed E-state index contributed by atoms with van der Waals surface area (Å²) in [7, 11) is 1.66. The molecule has 26 heavy (non-hydrogen) atoms. The van der Waals surface area contributed by atoms with Gasteiger partial charge in [-0.05, 0) is 36.4 Å². The third-order valence-corrected chi connectivity index (χ3v) is 4.43. The molecule has 0 radical (unpaired) electrons. The van der Waals surface area contributed by atoms with Gasteiger partial charge < -0.3 is 9.72 Å². The molecular formula is C20H15N5O. The first kappa shape index (κ1) is 14.7. The second kappa shape index (κ2) is 5.70. The average molecular weight is 341 g/mol. The molecule has 0 bridgehead atoms. The smallest absolute Gasteiger partial charge is 0.182 e. The standard InChI is InChI=1S/C20H15N5O/c1-26-17-9-5-2-6-12(17)14-11-10-13-18(24-25-19(13)21-14)20-22-15-7-3-4-8-16(15)23-20/h2-11H,1H3,(H,22,23)(H,21,24,25). The number of hydrogen-bond donors (Lipinski definition) is 2. The van der Waals surface area contributed by atoms with Gasteiger partial charge in [0.05, 0.1) is 23.8 Å². The Kier molecular flexibility index (Phi) is 3.21. The molecule has 5 rings (SSSR count). The van der Waals surface area contributed by atoms with Crippen LogP contribution in [-0.2, 0) is 0 Å². The molecule has 0 saturated heterocycles. The van der Waals surface area contributed by atoms with Gasteiger partial charge in [-0.2, -0.15) is 5.10 Å². The molecule has 0 aliphatic rings. The molecule has 0 spiro atoms. The van der Waals surface area contributed by atoms with Crippen molar-refractivity contribution in [2.45, 2.75) is 0 Å². The fourth-order valence-electron chi connectivity index (χ4n) is 3.16. The van der Waals surface area contributed by atoms with Gasteiger partial charge in [-0.25, -0.2) is 9.97 Å². The Morgan fingerprint density at radius 1 is 0.885 bits per heavy atom. The fraction of sp³-hybridized carbons (Fsp3) is 0.0500. The number of methoxy groups -OCH3 is 1. The van der Waals surface area contributed by atoms with Crippen LogP contribution in [0.1, 0.15) is 0 Å². The number of para-hydroxylation sites is 3. The predicted octanol–water partition coefficient (Wildman–Crippen LogP) is 4.18. The largest absolute Gasteiger partial charge is 0.496 e. The average Bonchev–Trinajstić information content (AvgIpc) is 3.31. The van der Waals surface area contributed by atoms with E-state index in [0.717, 1.165) is 44.9 Å². The van der Waals surface area contributed by atoms with Crippen molar-refractivity contribution in [3.63, 3.8) is 0 Å². The van der Waals surface area contributed by atoms with Gasteiger partial charge in [0.1, 0.15) is 11.4 Å². The number of nitrogens with one attached hydrogen (secondary N) is 2. The molecule has 3 heterocycles. The van der Waals surface area contributed by atoms with E-state index in [9.17, 15) is 0 Å². The van der Waals surface area contributed by atoms with Crippen LogP contribution in [0.25, 0.3) is 44.8 Å². The van der Waals surface area contributed by atoms with Crippen LogP contribution in [0.15, 0.2) is 60.7 Å². The van der Waals surface area contributed by atoms with Gasteiger partial charge in [0.15, 0.2) is 11.5 Å². The first-order chi connectivity index (χ1) is 12.8. The highest BCUT2D eigenvalue weighted by Gasteiger charge is 2.14. The Balaban J connectivity index is 1.64. The summed E-state index contributed by atoms with van der Waals surface area (Å²) in [4.78, 5) is 12.7. The van der Waals surface area contributed by atoms with Crippen LogP contribution in [0.2, 0.25) is 0 Å². The highest BCUT2D eigenvalue weighted by molar-refractivity contribution is 5.92. The predicted molar refractivity (Wildman–Crippen MR) is 101 cm³/mol. The fourth-order valence-corrected chi connectivity index (χ4v) is 3.16. The zero-order valence-electron chi connectivity index (χ0n) is 14.0. The van der Waals surface area contributed by atoms with Gasteiger partial charge in [-0.3, -0.25) is 5.10 Å². The zero-order chi connectivity index (χ0) is 17.5. The van der Waals surface area contributed by atoms with Crippen molar-refractivity contribution in [2.75, 3.05) is 7.11 Å². The molecule has 0 aliphatic carbocycles. The number of nitrogens with zero attached hydrogens (tertiary/aromatic N) is 3. The van der Waals surface area contributed by atoms with Crippen molar-refractivity contribution < 1.29 is 4.74 Å². The minimum atomic E-state index is 0.642. The first-order valence-corrected chi connectivity index (χ1v) is 8.27. The second-order valence-electron chi connectivity index (χ2n) is 5.97. The summed E-state index contributed by atoms with van der Waals surface area (Å²) in [5, 5.41) is 8.35. The summed E-state index contributed by atoms with van der Waals surface area (Å²) in [5.41, 5.74) is 5.13. The molecule has 6 heteroatoms. The van der Waals surface area contributed by atoms with Crippen molar-refractivity contribution >= 4 is 22.1 Å².